The standard InChI is InChI=1S/C12H22N2O4S/c1-3-9-14(11-6-4-5-7-11)19(17,18)13(2)10-8-12(15)16/h3,11H,1,4-10H2,2H3,(H,15,16). The maximum atomic E-state index is 12.4. The zero-order valence-electron chi connectivity index (χ0n) is 11.3. The molecule has 0 unspecified atom stereocenters. The van der Waals surface area contributed by atoms with Gasteiger partial charge in [0.25, 0.3) is 10.2 Å². The van der Waals surface area contributed by atoms with Crippen molar-refractivity contribution >= 4 is 16.2 Å². The topological polar surface area (TPSA) is 77.9 Å². The lowest BCUT2D eigenvalue weighted by atomic mass is 10.2. The fourth-order valence-corrected chi connectivity index (χ4v) is 3.86. The molecule has 0 aromatic heterocycles. The number of rotatable bonds is 8. The Morgan fingerprint density at radius 1 is 1.42 bits per heavy atom. The molecule has 1 rings (SSSR count). The fraction of sp³-hybridized carbons (Fsp3) is 0.750. The number of hydrogen-bond donors (Lipinski definition) is 1. The third kappa shape index (κ3) is 4.29. The van der Waals surface area contributed by atoms with Crippen LogP contribution in [0.1, 0.15) is 32.1 Å². The van der Waals surface area contributed by atoms with Gasteiger partial charge in [0.2, 0.25) is 0 Å². The van der Waals surface area contributed by atoms with E-state index in [4.69, 9.17) is 5.11 Å². The van der Waals surface area contributed by atoms with Crippen LogP contribution in [-0.4, -0.2) is 54.3 Å². The van der Waals surface area contributed by atoms with Crippen LogP contribution >= 0.6 is 0 Å². The Morgan fingerprint density at radius 3 is 2.47 bits per heavy atom. The SMILES string of the molecule is C=CCN(C1CCCC1)S(=O)(=O)N(C)CCC(=O)O. The minimum Gasteiger partial charge on any atom is -0.481 e. The number of nitrogens with zero attached hydrogens (tertiary/aromatic N) is 2. The average Bonchev–Trinajstić information content (AvgIpc) is 2.85. The van der Waals surface area contributed by atoms with Crippen LogP contribution in [0.3, 0.4) is 0 Å². The van der Waals surface area contributed by atoms with Crippen LogP contribution in [-0.2, 0) is 15.0 Å². The van der Waals surface area contributed by atoms with Gasteiger partial charge in [0.1, 0.15) is 0 Å². The zero-order chi connectivity index (χ0) is 14.5. The maximum absolute atomic E-state index is 12.4. The largest absolute Gasteiger partial charge is 0.481 e. The summed E-state index contributed by atoms with van der Waals surface area (Å²) >= 11 is 0. The highest BCUT2D eigenvalue weighted by Gasteiger charge is 2.33. The van der Waals surface area contributed by atoms with E-state index in [9.17, 15) is 13.2 Å². The highest BCUT2D eigenvalue weighted by atomic mass is 32.2. The lowest BCUT2D eigenvalue weighted by molar-refractivity contribution is -0.137. The van der Waals surface area contributed by atoms with Crippen LogP contribution in [0.5, 0.6) is 0 Å². The van der Waals surface area contributed by atoms with E-state index < -0.39 is 16.2 Å². The van der Waals surface area contributed by atoms with Gasteiger partial charge in [0.05, 0.1) is 6.42 Å². The molecule has 0 saturated heterocycles. The van der Waals surface area contributed by atoms with Crippen LogP contribution < -0.4 is 0 Å². The predicted molar refractivity (Wildman–Crippen MR) is 73.0 cm³/mol. The van der Waals surface area contributed by atoms with Crippen molar-refractivity contribution in [2.75, 3.05) is 20.1 Å². The molecule has 0 spiro atoms. The molecule has 0 amide bonds. The first-order valence-corrected chi connectivity index (χ1v) is 7.85. The molecule has 0 aliphatic heterocycles. The van der Waals surface area contributed by atoms with Gasteiger partial charge in [-0.2, -0.15) is 17.0 Å². The summed E-state index contributed by atoms with van der Waals surface area (Å²) in [4.78, 5) is 10.5. The lowest BCUT2D eigenvalue weighted by Crippen LogP contribution is -2.47. The predicted octanol–water partition coefficient (Wildman–Crippen LogP) is 1.07. The molecule has 110 valence electrons. The molecule has 6 nitrogen and oxygen atoms in total. The summed E-state index contributed by atoms with van der Waals surface area (Å²) in [7, 11) is -2.19. The third-order valence-corrected chi connectivity index (χ3v) is 5.38. The molecule has 0 atom stereocenters. The molecular weight excluding hydrogens is 268 g/mol. The Bertz CT molecular complexity index is 415. The van der Waals surface area contributed by atoms with Gasteiger partial charge in [-0.05, 0) is 12.8 Å². The van der Waals surface area contributed by atoms with Gasteiger partial charge < -0.3 is 5.11 Å². The lowest BCUT2D eigenvalue weighted by Gasteiger charge is -2.30. The number of carboxylic acid groups (broad SMARTS) is 1. The Hall–Kier alpha value is -0.920. The molecule has 19 heavy (non-hydrogen) atoms. The van der Waals surface area contributed by atoms with Crippen molar-refractivity contribution in [2.45, 2.75) is 38.1 Å². The summed E-state index contributed by atoms with van der Waals surface area (Å²) < 4.78 is 27.4. The molecule has 0 bridgehead atoms. The second-order valence-corrected chi connectivity index (χ2v) is 6.76. The van der Waals surface area contributed by atoms with E-state index in [0.717, 1.165) is 30.0 Å². The number of carboxylic acids is 1. The monoisotopic (exact) mass is 290 g/mol. The molecule has 0 aromatic rings. The molecule has 0 radical (unpaired) electrons. The van der Waals surface area contributed by atoms with Gasteiger partial charge in [0, 0.05) is 26.2 Å². The summed E-state index contributed by atoms with van der Waals surface area (Å²) in [6.45, 7) is 3.85. The van der Waals surface area contributed by atoms with E-state index in [-0.39, 0.29) is 25.6 Å². The number of aliphatic carboxylic acids is 1. The first-order valence-electron chi connectivity index (χ1n) is 6.45. The van der Waals surface area contributed by atoms with Crippen molar-refractivity contribution in [3.8, 4) is 0 Å². The second-order valence-electron chi connectivity index (χ2n) is 4.77. The number of carbonyl (C=O) groups is 1. The molecule has 1 aliphatic rings. The van der Waals surface area contributed by atoms with Crippen LogP contribution in [0.25, 0.3) is 0 Å². The number of hydrogen-bond acceptors (Lipinski definition) is 3. The van der Waals surface area contributed by atoms with Gasteiger partial charge >= 0.3 is 5.97 Å². The molecule has 0 aromatic carbocycles. The summed E-state index contributed by atoms with van der Waals surface area (Å²) in [5, 5.41) is 8.63. The normalized spacial score (nSPS) is 17.2. The minimum atomic E-state index is -3.61. The Kier molecular flexibility index (Phi) is 5.96. The minimum absolute atomic E-state index is 0.00952. The van der Waals surface area contributed by atoms with E-state index in [0.29, 0.717) is 0 Å². The summed E-state index contributed by atoms with van der Waals surface area (Å²) in [6.07, 6.45) is 5.17. The summed E-state index contributed by atoms with van der Waals surface area (Å²) in [6, 6.07) is 0.00952. The van der Waals surface area contributed by atoms with Crippen molar-refractivity contribution in [1.29, 1.82) is 0 Å². The zero-order valence-corrected chi connectivity index (χ0v) is 12.1. The summed E-state index contributed by atoms with van der Waals surface area (Å²) in [5.74, 6) is -1.00. The van der Waals surface area contributed by atoms with Gasteiger partial charge in [0.15, 0.2) is 0 Å². The Morgan fingerprint density at radius 2 is 2.00 bits per heavy atom. The van der Waals surface area contributed by atoms with Crippen LogP contribution in [0.4, 0.5) is 0 Å². The molecule has 0 heterocycles. The Labute approximate surface area is 114 Å². The van der Waals surface area contributed by atoms with Gasteiger partial charge in [-0.1, -0.05) is 18.9 Å². The molecule has 1 aliphatic carbocycles. The Balaban J connectivity index is 2.79. The van der Waals surface area contributed by atoms with Crippen molar-refractivity contribution < 1.29 is 18.3 Å². The molecule has 1 N–H and O–H groups in total. The first-order chi connectivity index (χ1) is 8.89. The van der Waals surface area contributed by atoms with Gasteiger partial charge in [-0.15, -0.1) is 6.58 Å². The van der Waals surface area contributed by atoms with Crippen molar-refractivity contribution in [3.63, 3.8) is 0 Å². The van der Waals surface area contributed by atoms with E-state index >= 15 is 0 Å². The average molecular weight is 290 g/mol. The van der Waals surface area contributed by atoms with E-state index in [1.807, 2.05) is 0 Å². The summed E-state index contributed by atoms with van der Waals surface area (Å²) in [5.41, 5.74) is 0. The smallest absolute Gasteiger partial charge is 0.304 e. The fourth-order valence-electron chi connectivity index (χ4n) is 2.30. The van der Waals surface area contributed by atoms with Crippen molar-refractivity contribution in [1.82, 2.24) is 8.61 Å². The van der Waals surface area contributed by atoms with E-state index in [1.54, 1.807) is 6.08 Å². The molecular formula is C12H22N2O4S. The molecule has 1 saturated carbocycles. The third-order valence-electron chi connectivity index (χ3n) is 3.37. The van der Waals surface area contributed by atoms with Crippen molar-refractivity contribution in [3.05, 3.63) is 12.7 Å². The van der Waals surface area contributed by atoms with Gasteiger partial charge in [-0.3, -0.25) is 4.79 Å². The second kappa shape index (κ2) is 7.02. The van der Waals surface area contributed by atoms with E-state index in [1.165, 1.54) is 11.4 Å². The quantitative estimate of drug-likeness (QED) is 0.678. The van der Waals surface area contributed by atoms with Crippen molar-refractivity contribution in [2.24, 2.45) is 0 Å². The molecule has 1 fully saturated rings. The maximum Gasteiger partial charge on any atom is 0.304 e. The van der Waals surface area contributed by atoms with E-state index in [2.05, 4.69) is 6.58 Å². The highest BCUT2D eigenvalue weighted by molar-refractivity contribution is 7.86. The first kappa shape index (κ1) is 16.1. The van der Waals surface area contributed by atoms with Crippen LogP contribution in [0, 0.1) is 0 Å². The molecule has 7 heteroatoms. The van der Waals surface area contributed by atoms with Crippen LogP contribution in [0.2, 0.25) is 0 Å². The van der Waals surface area contributed by atoms with Gasteiger partial charge in [-0.25, -0.2) is 0 Å². The highest BCUT2D eigenvalue weighted by Crippen LogP contribution is 2.26. The van der Waals surface area contributed by atoms with Crippen LogP contribution in [0.15, 0.2) is 12.7 Å².